The Bertz CT molecular complexity index is 311. The largest absolute Gasteiger partial charge is 0.395 e. The van der Waals surface area contributed by atoms with Crippen molar-refractivity contribution in [1.29, 1.82) is 0 Å². The van der Waals surface area contributed by atoms with E-state index in [4.69, 9.17) is 0 Å². The van der Waals surface area contributed by atoms with Crippen LogP contribution in [0.25, 0.3) is 0 Å². The van der Waals surface area contributed by atoms with Crippen molar-refractivity contribution < 1.29 is 5.11 Å². The van der Waals surface area contributed by atoms with Gasteiger partial charge in [0, 0.05) is 25.3 Å². The summed E-state index contributed by atoms with van der Waals surface area (Å²) in [6, 6.07) is 2.42. The van der Waals surface area contributed by atoms with Crippen LogP contribution < -0.4 is 0 Å². The zero-order valence-electron chi connectivity index (χ0n) is 9.26. The molecule has 84 valence electrons. The van der Waals surface area contributed by atoms with Gasteiger partial charge in [0.25, 0.3) is 0 Å². The van der Waals surface area contributed by atoms with Crippen LogP contribution in [0.2, 0.25) is 0 Å². The van der Waals surface area contributed by atoms with Crippen molar-refractivity contribution in [2.45, 2.75) is 38.9 Å². The molecule has 0 amide bonds. The molecule has 1 aromatic heterocycles. The summed E-state index contributed by atoms with van der Waals surface area (Å²) in [4.78, 5) is 2.35. The predicted octanol–water partition coefficient (Wildman–Crippen LogP) is 0.860. The van der Waals surface area contributed by atoms with Gasteiger partial charge in [-0.2, -0.15) is 5.10 Å². The Morgan fingerprint density at radius 2 is 2.47 bits per heavy atom. The smallest absolute Gasteiger partial charge is 0.0587 e. The van der Waals surface area contributed by atoms with Gasteiger partial charge in [0.15, 0.2) is 0 Å². The first-order valence-electron chi connectivity index (χ1n) is 5.70. The van der Waals surface area contributed by atoms with E-state index in [0.717, 1.165) is 26.1 Å². The molecule has 1 saturated heterocycles. The molecule has 2 rings (SSSR count). The Morgan fingerprint density at radius 3 is 3.20 bits per heavy atom. The molecule has 1 aliphatic heterocycles. The Balaban J connectivity index is 2.01. The first-order valence-corrected chi connectivity index (χ1v) is 5.70. The highest BCUT2D eigenvalue weighted by molar-refractivity contribution is 5.01. The maximum atomic E-state index is 9.23. The fraction of sp³-hybridized carbons (Fsp3) is 0.727. The second-order valence-corrected chi connectivity index (χ2v) is 4.09. The quantitative estimate of drug-likeness (QED) is 0.799. The fourth-order valence-corrected chi connectivity index (χ4v) is 2.30. The molecule has 4 nitrogen and oxygen atoms in total. The zero-order valence-corrected chi connectivity index (χ0v) is 9.26. The zero-order chi connectivity index (χ0) is 10.7. The van der Waals surface area contributed by atoms with E-state index >= 15 is 0 Å². The number of nitrogens with zero attached hydrogens (tertiary/aromatic N) is 3. The van der Waals surface area contributed by atoms with Gasteiger partial charge >= 0.3 is 0 Å². The third-order valence-corrected chi connectivity index (χ3v) is 3.18. The lowest BCUT2D eigenvalue weighted by Gasteiger charge is -2.22. The van der Waals surface area contributed by atoms with Gasteiger partial charge < -0.3 is 5.11 Å². The van der Waals surface area contributed by atoms with Gasteiger partial charge in [-0.25, -0.2) is 0 Å². The number of likely N-dealkylation sites (tertiary alicyclic amines) is 1. The summed E-state index contributed by atoms with van der Waals surface area (Å²) in [6.45, 7) is 5.31. The summed E-state index contributed by atoms with van der Waals surface area (Å²) < 4.78 is 2.02. The number of aryl methyl sites for hydroxylation is 1. The first kappa shape index (κ1) is 10.6. The Morgan fingerprint density at radius 1 is 1.60 bits per heavy atom. The van der Waals surface area contributed by atoms with Gasteiger partial charge in [-0.15, -0.1) is 0 Å². The van der Waals surface area contributed by atoms with Crippen molar-refractivity contribution >= 4 is 0 Å². The van der Waals surface area contributed by atoms with E-state index < -0.39 is 0 Å². The predicted molar refractivity (Wildman–Crippen MR) is 58.4 cm³/mol. The molecule has 2 heterocycles. The van der Waals surface area contributed by atoms with Crippen LogP contribution in [0.15, 0.2) is 12.3 Å². The molecule has 1 unspecified atom stereocenters. The molecule has 1 aromatic rings. The molecule has 0 radical (unpaired) electrons. The molecule has 0 aromatic carbocycles. The van der Waals surface area contributed by atoms with Crippen LogP contribution in [-0.4, -0.2) is 39.0 Å². The van der Waals surface area contributed by atoms with Crippen LogP contribution in [0.1, 0.15) is 25.5 Å². The van der Waals surface area contributed by atoms with E-state index in [9.17, 15) is 5.11 Å². The Kier molecular flexibility index (Phi) is 3.38. The minimum atomic E-state index is 0.278. The van der Waals surface area contributed by atoms with E-state index in [1.165, 1.54) is 12.1 Å². The summed E-state index contributed by atoms with van der Waals surface area (Å²) in [5, 5.41) is 13.5. The number of hydrogen-bond acceptors (Lipinski definition) is 3. The number of aliphatic hydroxyl groups excluding tert-OH is 1. The van der Waals surface area contributed by atoms with Gasteiger partial charge in [-0.3, -0.25) is 9.58 Å². The summed E-state index contributed by atoms with van der Waals surface area (Å²) in [5.74, 6) is 0. The first-order chi connectivity index (χ1) is 7.35. The van der Waals surface area contributed by atoms with Crippen LogP contribution >= 0.6 is 0 Å². The highest BCUT2D eigenvalue weighted by Gasteiger charge is 2.24. The fourth-order valence-electron chi connectivity index (χ4n) is 2.30. The molecule has 0 aliphatic carbocycles. The maximum absolute atomic E-state index is 9.23. The molecule has 0 saturated carbocycles. The third-order valence-electron chi connectivity index (χ3n) is 3.18. The molecule has 1 aliphatic rings. The second-order valence-electron chi connectivity index (χ2n) is 4.09. The molecule has 0 spiro atoms. The molecule has 1 fully saturated rings. The minimum Gasteiger partial charge on any atom is -0.395 e. The van der Waals surface area contributed by atoms with Crippen molar-refractivity contribution in [3.05, 3.63) is 18.0 Å². The Labute approximate surface area is 90.5 Å². The summed E-state index contributed by atoms with van der Waals surface area (Å²) in [7, 11) is 0. The number of aromatic nitrogens is 2. The van der Waals surface area contributed by atoms with Crippen molar-refractivity contribution in [3.8, 4) is 0 Å². The monoisotopic (exact) mass is 209 g/mol. The van der Waals surface area contributed by atoms with E-state index in [2.05, 4.69) is 23.0 Å². The van der Waals surface area contributed by atoms with E-state index in [-0.39, 0.29) is 6.61 Å². The van der Waals surface area contributed by atoms with Gasteiger partial charge in [-0.05, 0) is 32.4 Å². The topological polar surface area (TPSA) is 41.3 Å². The highest BCUT2D eigenvalue weighted by Crippen LogP contribution is 2.19. The number of aliphatic hydroxyl groups is 1. The molecule has 4 heteroatoms. The SMILES string of the molecule is CCn1nccc1CN1CCCC1CO. The van der Waals surface area contributed by atoms with Crippen LogP contribution in [0, 0.1) is 0 Å². The Hall–Kier alpha value is -0.870. The molecule has 15 heavy (non-hydrogen) atoms. The summed E-state index contributed by atoms with van der Waals surface area (Å²) in [5.41, 5.74) is 1.25. The van der Waals surface area contributed by atoms with E-state index in [1.807, 2.05) is 10.9 Å². The number of rotatable bonds is 4. The minimum absolute atomic E-state index is 0.278. The maximum Gasteiger partial charge on any atom is 0.0587 e. The number of hydrogen-bond donors (Lipinski definition) is 1. The lowest BCUT2D eigenvalue weighted by molar-refractivity contribution is 0.151. The van der Waals surface area contributed by atoms with Crippen molar-refractivity contribution in [2.75, 3.05) is 13.2 Å². The van der Waals surface area contributed by atoms with Crippen molar-refractivity contribution in [3.63, 3.8) is 0 Å². The van der Waals surface area contributed by atoms with Crippen LogP contribution in [0.5, 0.6) is 0 Å². The third kappa shape index (κ3) is 2.21. The van der Waals surface area contributed by atoms with E-state index in [0.29, 0.717) is 6.04 Å². The van der Waals surface area contributed by atoms with Crippen LogP contribution in [0.3, 0.4) is 0 Å². The van der Waals surface area contributed by atoms with Crippen LogP contribution in [-0.2, 0) is 13.1 Å². The molecule has 1 atom stereocenters. The van der Waals surface area contributed by atoms with Gasteiger partial charge in [0.1, 0.15) is 0 Å². The average Bonchev–Trinajstić information content (AvgIpc) is 2.87. The molecule has 1 N–H and O–H groups in total. The lowest BCUT2D eigenvalue weighted by Crippen LogP contribution is -2.32. The lowest BCUT2D eigenvalue weighted by atomic mass is 10.2. The average molecular weight is 209 g/mol. The van der Waals surface area contributed by atoms with Gasteiger partial charge in [0.05, 0.1) is 12.3 Å². The van der Waals surface area contributed by atoms with Crippen LogP contribution in [0.4, 0.5) is 0 Å². The van der Waals surface area contributed by atoms with Crippen molar-refractivity contribution in [2.24, 2.45) is 0 Å². The molecule has 0 bridgehead atoms. The van der Waals surface area contributed by atoms with Gasteiger partial charge in [0.2, 0.25) is 0 Å². The molecular formula is C11H19N3O. The van der Waals surface area contributed by atoms with E-state index in [1.54, 1.807) is 0 Å². The molecular weight excluding hydrogens is 190 g/mol. The summed E-state index contributed by atoms with van der Waals surface area (Å²) >= 11 is 0. The second kappa shape index (κ2) is 4.77. The standard InChI is InChI=1S/C11H19N3O/c1-2-14-10(5-6-12-14)8-13-7-3-4-11(13)9-15/h5-6,11,15H,2-4,7-9H2,1H3. The normalized spacial score (nSPS) is 22.4. The highest BCUT2D eigenvalue weighted by atomic mass is 16.3. The van der Waals surface area contributed by atoms with Gasteiger partial charge in [-0.1, -0.05) is 0 Å². The summed E-state index contributed by atoms with van der Waals surface area (Å²) in [6.07, 6.45) is 4.17. The van der Waals surface area contributed by atoms with Crippen molar-refractivity contribution in [1.82, 2.24) is 14.7 Å².